The summed E-state index contributed by atoms with van der Waals surface area (Å²) in [5, 5.41) is 3.46. The number of hydrogen-bond donors (Lipinski definition) is 2. The molecular formula is C24H35N3O2S. The number of fused-ring (bicyclic) bond motifs is 1. The molecule has 0 amide bonds. The Morgan fingerprint density at radius 1 is 0.900 bits per heavy atom. The molecule has 0 saturated heterocycles. The Kier molecular flexibility index (Phi) is 7.42. The Balaban J connectivity index is 1.36. The van der Waals surface area contributed by atoms with Crippen LogP contribution in [-0.2, 0) is 23.0 Å². The van der Waals surface area contributed by atoms with Gasteiger partial charge >= 0.3 is 0 Å². The van der Waals surface area contributed by atoms with E-state index in [0.717, 1.165) is 51.0 Å². The first-order valence-electron chi connectivity index (χ1n) is 10.9. The Bertz CT molecular complexity index is 918. The van der Waals surface area contributed by atoms with Crippen LogP contribution in [0.1, 0.15) is 51.2 Å². The number of hydrogen-bond acceptors (Lipinski definition) is 4. The van der Waals surface area contributed by atoms with Crippen LogP contribution in [0.4, 0.5) is 11.4 Å². The molecule has 0 fully saturated rings. The van der Waals surface area contributed by atoms with Crippen LogP contribution in [0.15, 0.2) is 48.5 Å². The monoisotopic (exact) mass is 429 g/mol. The number of anilines is 2. The lowest BCUT2D eigenvalue weighted by molar-refractivity contribution is 0.540. The molecule has 0 spiro atoms. The first-order valence-corrected chi connectivity index (χ1v) is 12.4. The topological polar surface area (TPSA) is 61.4 Å². The number of unbranched alkanes of at least 4 members (excludes halogenated alkanes) is 2. The number of rotatable bonds is 9. The van der Waals surface area contributed by atoms with Crippen molar-refractivity contribution in [2.45, 2.75) is 57.7 Å². The highest BCUT2D eigenvalue weighted by Crippen LogP contribution is 2.25. The normalized spacial score (nSPS) is 14.4. The minimum absolute atomic E-state index is 0.507. The molecule has 2 N–H and O–H groups in total. The maximum absolute atomic E-state index is 12.0. The van der Waals surface area contributed by atoms with Crippen LogP contribution in [-0.4, -0.2) is 32.8 Å². The molecule has 0 saturated carbocycles. The van der Waals surface area contributed by atoms with Crippen molar-refractivity contribution in [3.63, 3.8) is 0 Å². The van der Waals surface area contributed by atoms with Gasteiger partial charge in [0.2, 0.25) is 10.0 Å². The molecule has 1 aliphatic heterocycles. The molecule has 0 aliphatic carbocycles. The van der Waals surface area contributed by atoms with E-state index in [1.54, 1.807) is 20.8 Å². The first kappa shape index (κ1) is 22.6. The molecule has 164 valence electrons. The molecule has 1 heterocycles. The van der Waals surface area contributed by atoms with Crippen molar-refractivity contribution < 1.29 is 8.42 Å². The smallest absolute Gasteiger partial charge is 0.216 e. The van der Waals surface area contributed by atoms with E-state index in [-0.39, 0.29) is 0 Å². The predicted molar refractivity (Wildman–Crippen MR) is 127 cm³/mol. The lowest BCUT2D eigenvalue weighted by atomic mass is 9.99. The number of nitrogens with zero attached hydrogens (tertiary/aromatic N) is 1. The van der Waals surface area contributed by atoms with Crippen LogP contribution < -0.4 is 14.9 Å². The third-order valence-corrected chi connectivity index (χ3v) is 7.84. The maximum atomic E-state index is 12.0. The quantitative estimate of drug-likeness (QED) is 0.574. The van der Waals surface area contributed by atoms with E-state index in [1.807, 2.05) is 0 Å². The third kappa shape index (κ3) is 5.99. The van der Waals surface area contributed by atoms with Crippen molar-refractivity contribution in [1.29, 1.82) is 0 Å². The van der Waals surface area contributed by atoms with Crippen LogP contribution in [0.3, 0.4) is 0 Å². The number of sulfonamides is 1. The molecule has 0 atom stereocenters. The van der Waals surface area contributed by atoms with Gasteiger partial charge in [-0.25, -0.2) is 13.1 Å². The summed E-state index contributed by atoms with van der Waals surface area (Å²) >= 11 is 0. The van der Waals surface area contributed by atoms with Crippen molar-refractivity contribution in [3.05, 3.63) is 59.7 Å². The summed E-state index contributed by atoms with van der Waals surface area (Å²) in [5.41, 5.74) is 5.29. The summed E-state index contributed by atoms with van der Waals surface area (Å²) in [6.07, 6.45) is 3.96. The van der Waals surface area contributed by atoms with E-state index in [1.165, 1.54) is 16.8 Å². The molecule has 1 aliphatic rings. The standard InChI is InChI=1S/C24H35N3O2S/c1-24(2,3)30(28,29)26-17-8-4-7-16-25-22-11-13-23(14-12-22)27-18-15-20-9-5-6-10-21(20)19-27/h5-6,9-14,25-26H,4,7-8,15-19H2,1-3H3. The maximum Gasteiger partial charge on any atom is 0.216 e. The lowest BCUT2D eigenvalue weighted by Gasteiger charge is -2.30. The second-order valence-corrected chi connectivity index (χ2v) is 11.5. The summed E-state index contributed by atoms with van der Waals surface area (Å²) in [5.74, 6) is 0. The largest absolute Gasteiger partial charge is 0.385 e. The third-order valence-electron chi connectivity index (χ3n) is 5.64. The zero-order valence-electron chi connectivity index (χ0n) is 18.4. The lowest BCUT2D eigenvalue weighted by Crippen LogP contribution is -2.39. The Hall–Kier alpha value is -2.05. The van der Waals surface area contributed by atoms with Gasteiger partial charge in [-0.15, -0.1) is 0 Å². The van der Waals surface area contributed by atoms with E-state index >= 15 is 0 Å². The fourth-order valence-corrected chi connectivity index (χ4v) is 4.43. The number of nitrogens with one attached hydrogen (secondary N) is 2. The molecule has 0 aromatic heterocycles. The van der Waals surface area contributed by atoms with Gasteiger partial charge in [0.15, 0.2) is 0 Å². The molecule has 5 nitrogen and oxygen atoms in total. The molecule has 2 aromatic rings. The van der Waals surface area contributed by atoms with Gasteiger partial charge in [-0.2, -0.15) is 0 Å². The molecule has 2 aromatic carbocycles. The van der Waals surface area contributed by atoms with Gasteiger partial charge in [-0.1, -0.05) is 30.7 Å². The Morgan fingerprint density at radius 2 is 1.57 bits per heavy atom. The summed E-state index contributed by atoms with van der Waals surface area (Å²) in [6, 6.07) is 17.4. The van der Waals surface area contributed by atoms with Gasteiger partial charge in [0, 0.05) is 37.6 Å². The van der Waals surface area contributed by atoms with Crippen LogP contribution in [0.5, 0.6) is 0 Å². The molecule has 0 unspecified atom stereocenters. The molecule has 3 rings (SSSR count). The highest BCUT2D eigenvalue weighted by atomic mass is 32.2. The minimum Gasteiger partial charge on any atom is -0.385 e. The van der Waals surface area contributed by atoms with Crippen LogP contribution >= 0.6 is 0 Å². The molecular weight excluding hydrogens is 394 g/mol. The average molecular weight is 430 g/mol. The van der Waals surface area contributed by atoms with E-state index in [9.17, 15) is 8.42 Å². The van der Waals surface area contributed by atoms with Gasteiger partial charge in [-0.05, 0) is 75.4 Å². The average Bonchev–Trinajstić information content (AvgIpc) is 2.72. The molecule has 30 heavy (non-hydrogen) atoms. The Labute approximate surface area is 181 Å². The van der Waals surface area contributed by atoms with E-state index < -0.39 is 14.8 Å². The predicted octanol–water partition coefficient (Wildman–Crippen LogP) is 4.55. The Morgan fingerprint density at radius 3 is 2.27 bits per heavy atom. The molecule has 0 bridgehead atoms. The summed E-state index contributed by atoms with van der Waals surface area (Å²) in [6.45, 7) is 8.58. The number of benzene rings is 2. The van der Waals surface area contributed by atoms with Crippen LogP contribution in [0.25, 0.3) is 0 Å². The first-order chi connectivity index (χ1) is 14.3. The SMILES string of the molecule is CC(C)(C)S(=O)(=O)NCCCCCNc1ccc(N2CCc3ccccc3C2)cc1. The zero-order chi connectivity index (χ0) is 21.6. The van der Waals surface area contributed by atoms with Gasteiger partial charge in [0.1, 0.15) is 0 Å². The van der Waals surface area contributed by atoms with Gasteiger partial charge in [-0.3, -0.25) is 0 Å². The van der Waals surface area contributed by atoms with E-state index in [2.05, 4.69) is 63.5 Å². The second-order valence-electron chi connectivity index (χ2n) is 8.98. The summed E-state index contributed by atoms with van der Waals surface area (Å²) in [7, 11) is -3.23. The van der Waals surface area contributed by atoms with Crippen molar-refractivity contribution in [2.75, 3.05) is 29.9 Å². The summed E-state index contributed by atoms with van der Waals surface area (Å²) in [4.78, 5) is 2.44. The second kappa shape index (κ2) is 9.84. The zero-order valence-corrected chi connectivity index (χ0v) is 19.3. The fourth-order valence-electron chi connectivity index (χ4n) is 3.59. The van der Waals surface area contributed by atoms with Crippen LogP contribution in [0, 0.1) is 0 Å². The van der Waals surface area contributed by atoms with Gasteiger partial charge < -0.3 is 10.2 Å². The van der Waals surface area contributed by atoms with Crippen LogP contribution in [0.2, 0.25) is 0 Å². The highest BCUT2D eigenvalue weighted by molar-refractivity contribution is 7.90. The van der Waals surface area contributed by atoms with Gasteiger partial charge in [0.25, 0.3) is 0 Å². The van der Waals surface area contributed by atoms with E-state index in [4.69, 9.17) is 0 Å². The van der Waals surface area contributed by atoms with Crippen molar-refractivity contribution >= 4 is 21.4 Å². The van der Waals surface area contributed by atoms with Crippen molar-refractivity contribution in [3.8, 4) is 0 Å². The summed E-state index contributed by atoms with van der Waals surface area (Å²) < 4.78 is 25.9. The van der Waals surface area contributed by atoms with Crippen molar-refractivity contribution in [2.24, 2.45) is 0 Å². The van der Waals surface area contributed by atoms with E-state index in [0.29, 0.717) is 6.54 Å². The van der Waals surface area contributed by atoms with Gasteiger partial charge in [0.05, 0.1) is 4.75 Å². The fraction of sp³-hybridized carbons (Fsp3) is 0.500. The highest BCUT2D eigenvalue weighted by Gasteiger charge is 2.27. The van der Waals surface area contributed by atoms with Crippen molar-refractivity contribution in [1.82, 2.24) is 4.72 Å². The molecule has 0 radical (unpaired) electrons. The minimum atomic E-state index is -3.23. The molecule has 6 heteroatoms.